The highest BCUT2D eigenvalue weighted by molar-refractivity contribution is 5.68. The number of amides is 1. The third kappa shape index (κ3) is 5.95. The van der Waals surface area contributed by atoms with E-state index in [0.717, 1.165) is 0 Å². The van der Waals surface area contributed by atoms with Crippen molar-refractivity contribution in [2.75, 3.05) is 0 Å². The Morgan fingerprint density at radius 1 is 1.19 bits per heavy atom. The number of hydrogen-bond donors (Lipinski definition) is 2. The van der Waals surface area contributed by atoms with Crippen molar-refractivity contribution in [1.82, 2.24) is 5.32 Å². The number of rotatable bonds is 3. The number of alkyl carbamates (subject to hydrolysis) is 1. The maximum atomic E-state index is 11.6. The summed E-state index contributed by atoms with van der Waals surface area (Å²) in [6.45, 7) is 12.7. The second kappa shape index (κ2) is 5.04. The van der Waals surface area contributed by atoms with E-state index >= 15 is 0 Å². The van der Waals surface area contributed by atoms with E-state index in [0.29, 0.717) is 0 Å². The smallest absolute Gasteiger partial charge is 0.407 e. The van der Waals surface area contributed by atoms with Crippen molar-refractivity contribution in [2.45, 2.75) is 65.7 Å². The Labute approximate surface area is 98.4 Å². The minimum absolute atomic E-state index is 0.132. The molecule has 2 N–H and O–H groups in total. The maximum Gasteiger partial charge on any atom is 0.407 e. The van der Waals surface area contributed by atoms with Gasteiger partial charge in [0.25, 0.3) is 0 Å². The summed E-state index contributed by atoms with van der Waals surface area (Å²) < 4.78 is 5.15. The van der Waals surface area contributed by atoms with Crippen LogP contribution in [0.15, 0.2) is 0 Å². The largest absolute Gasteiger partial charge is 0.444 e. The normalized spacial score (nSPS) is 14.8. The van der Waals surface area contributed by atoms with Gasteiger partial charge in [0.15, 0.2) is 0 Å². The van der Waals surface area contributed by atoms with Gasteiger partial charge in [0.2, 0.25) is 0 Å². The van der Waals surface area contributed by atoms with Gasteiger partial charge in [-0.25, -0.2) is 4.79 Å². The molecule has 0 bridgehead atoms. The summed E-state index contributed by atoms with van der Waals surface area (Å²) in [5.41, 5.74) is -1.49. The molecular formula is C12H25NO3. The minimum Gasteiger partial charge on any atom is -0.444 e. The van der Waals surface area contributed by atoms with E-state index < -0.39 is 17.3 Å². The third-order valence-electron chi connectivity index (χ3n) is 2.10. The molecule has 0 aromatic rings. The molecule has 0 spiro atoms. The predicted molar refractivity (Wildman–Crippen MR) is 64.3 cm³/mol. The van der Waals surface area contributed by atoms with Gasteiger partial charge in [-0.2, -0.15) is 0 Å². The topological polar surface area (TPSA) is 58.6 Å². The van der Waals surface area contributed by atoms with Crippen LogP contribution in [0.4, 0.5) is 4.79 Å². The average molecular weight is 231 g/mol. The summed E-state index contributed by atoms with van der Waals surface area (Å²) in [4.78, 5) is 11.6. The Balaban J connectivity index is 4.49. The van der Waals surface area contributed by atoms with E-state index in [1.54, 1.807) is 34.6 Å². The average Bonchev–Trinajstić information content (AvgIpc) is 1.93. The van der Waals surface area contributed by atoms with Crippen LogP contribution in [-0.4, -0.2) is 28.4 Å². The van der Waals surface area contributed by atoms with E-state index in [9.17, 15) is 9.90 Å². The van der Waals surface area contributed by atoms with Gasteiger partial charge in [0.05, 0.1) is 11.6 Å². The van der Waals surface area contributed by atoms with Crippen molar-refractivity contribution in [1.29, 1.82) is 0 Å². The van der Waals surface area contributed by atoms with E-state index in [-0.39, 0.29) is 12.0 Å². The molecule has 0 aliphatic rings. The summed E-state index contributed by atoms with van der Waals surface area (Å²) in [5.74, 6) is 0.132. The Bertz CT molecular complexity index is 236. The number of carbonyl (C=O) groups is 1. The lowest BCUT2D eigenvalue weighted by molar-refractivity contribution is 0.00483. The molecule has 1 amide bonds. The van der Waals surface area contributed by atoms with Gasteiger partial charge in [0, 0.05) is 0 Å². The molecule has 0 aliphatic heterocycles. The maximum absolute atomic E-state index is 11.6. The molecule has 1 atom stereocenters. The molecule has 16 heavy (non-hydrogen) atoms. The van der Waals surface area contributed by atoms with Crippen molar-refractivity contribution in [3.05, 3.63) is 0 Å². The zero-order valence-electron chi connectivity index (χ0n) is 11.4. The van der Waals surface area contributed by atoms with Crippen molar-refractivity contribution in [3.63, 3.8) is 0 Å². The quantitative estimate of drug-likeness (QED) is 0.783. The molecule has 0 fully saturated rings. The molecule has 0 heterocycles. The molecule has 0 aromatic heterocycles. The van der Waals surface area contributed by atoms with Gasteiger partial charge in [-0.3, -0.25) is 0 Å². The minimum atomic E-state index is -0.967. The van der Waals surface area contributed by atoms with Crippen LogP contribution >= 0.6 is 0 Å². The fourth-order valence-electron chi connectivity index (χ4n) is 1.59. The second-order valence-electron chi connectivity index (χ2n) is 6.02. The number of aliphatic hydroxyl groups is 1. The Kier molecular flexibility index (Phi) is 4.80. The van der Waals surface area contributed by atoms with Gasteiger partial charge < -0.3 is 15.2 Å². The molecule has 4 nitrogen and oxygen atoms in total. The summed E-state index contributed by atoms with van der Waals surface area (Å²) in [6.07, 6.45) is -0.492. The van der Waals surface area contributed by atoms with Crippen LogP contribution in [0.2, 0.25) is 0 Å². The lowest BCUT2D eigenvalue weighted by Gasteiger charge is -2.33. The monoisotopic (exact) mass is 231 g/mol. The SMILES string of the molecule is CC(C)[C@@H](NC(=O)OC(C)(C)C)C(C)(C)O. The second-order valence-corrected chi connectivity index (χ2v) is 6.02. The van der Waals surface area contributed by atoms with Crippen LogP contribution in [0.3, 0.4) is 0 Å². The number of nitrogens with one attached hydrogen (secondary N) is 1. The zero-order valence-corrected chi connectivity index (χ0v) is 11.4. The van der Waals surface area contributed by atoms with Crippen LogP contribution < -0.4 is 5.32 Å². The highest BCUT2D eigenvalue weighted by Gasteiger charge is 2.32. The molecule has 96 valence electrons. The van der Waals surface area contributed by atoms with Crippen LogP contribution in [0, 0.1) is 5.92 Å². The number of ether oxygens (including phenoxy) is 1. The van der Waals surface area contributed by atoms with Crippen molar-refractivity contribution in [2.24, 2.45) is 5.92 Å². The summed E-state index contributed by atoms with van der Waals surface area (Å²) >= 11 is 0. The number of hydrogen-bond acceptors (Lipinski definition) is 3. The Morgan fingerprint density at radius 2 is 1.62 bits per heavy atom. The highest BCUT2D eigenvalue weighted by atomic mass is 16.6. The lowest BCUT2D eigenvalue weighted by atomic mass is 9.89. The van der Waals surface area contributed by atoms with E-state index in [1.165, 1.54) is 0 Å². The fourth-order valence-corrected chi connectivity index (χ4v) is 1.59. The van der Waals surface area contributed by atoms with Gasteiger partial charge in [-0.15, -0.1) is 0 Å². The van der Waals surface area contributed by atoms with Gasteiger partial charge in [-0.05, 0) is 40.5 Å². The molecule has 0 aliphatic carbocycles. The van der Waals surface area contributed by atoms with E-state index in [1.807, 2.05) is 13.8 Å². The van der Waals surface area contributed by atoms with E-state index in [2.05, 4.69) is 5.32 Å². The fraction of sp³-hybridized carbons (Fsp3) is 0.917. The lowest BCUT2D eigenvalue weighted by Crippen LogP contribution is -2.53. The molecule has 0 rings (SSSR count). The predicted octanol–water partition coefficient (Wildman–Crippen LogP) is 2.31. The molecule has 0 unspecified atom stereocenters. The van der Waals surface area contributed by atoms with Crippen LogP contribution in [0.1, 0.15) is 48.5 Å². The summed E-state index contributed by atoms with van der Waals surface area (Å²) in [7, 11) is 0. The van der Waals surface area contributed by atoms with E-state index in [4.69, 9.17) is 4.74 Å². The van der Waals surface area contributed by atoms with Crippen LogP contribution in [-0.2, 0) is 4.74 Å². The molecule has 0 saturated heterocycles. The van der Waals surface area contributed by atoms with Crippen molar-refractivity contribution in [3.8, 4) is 0 Å². The van der Waals surface area contributed by atoms with Gasteiger partial charge in [-0.1, -0.05) is 13.8 Å². The standard InChI is InChI=1S/C12H25NO3/c1-8(2)9(12(6,7)15)13-10(14)16-11(3,4)5/h8-9,15H,1-7H3,(H,13,14)/t9-/m1/s1. The molecule has 4 heteroatoms. The van der Waals surface area contributed by atoms with Crippen LogP contribution in [0.5, 0.6) is 0 Å². The van der Waals surface area contributed by atoms with Gasteiger partial charge in [0.1, 0.15) is 5.60 Å². The van der Waals surface area contributed by atoms with Crippen molar-refractivity contribution < 1.29 is 14.6 Å². The molecule has 0 radical (unpaired) electrons. The third-order valence-corrected chi connectivity index (χ3v) is 2.10. The molecular weight excluding hydrogens is 206 g/mol. The first-order valence-electron chi connectivity index (χ1n) is 5.65. The summed E-state index contributed by atoms with van der Waals surface area (Å²) in [6, 6.07) is -0.331. The molecule has 0 saturated carbocycles. The molecule has 0 aromatic carbocycles. The first-order chi connectivity index (χ1) is 6.93. The zero-order chi connectivity index (χ0) is 13.1. The van der Waals surface area contributed by atoms with Gasteiger partial charge >= 0.3 is 6.09 Å². The first-order valence-corrected chi connectivity index (χ1v) is 5.65. The number of carbonyl (C=O) groups excluding carboxylic acids is 1. The summed E-state index contributed by atoms with van der Waals surface area (Å²) in [5, 5.41) is 12.6. The highest BCUT2D eigenvalue weighted by Crippen LogP contribution is 2.17. The first kappa shape index (κ1) is 15.2. The Morgan fingerprint density at radius 3 is 1.88 bits per heavy atom. The van der Waals surface area contributed by atoms with Crippen LogP contribution in [0.25, 0.3) is 0 Å². The Hall–Kier alpha value is -0.770. The van der Waals surface area contributed by atoms with Crippen molar-refractivity contribution >= 4 is 6.09 Å².